The third kappa shape index (κ3) is 1.70. The van der Waals surface area contributed by atoms with E-state index in [1.54, 1.807) is 12.2 Å². The van der Waals surface area contributed by atoms with Crippen LogP contribution in [0.5, 0.6) is 0 Å². The van der Waals surface area contributed by atoms with Crippen molar-refractivity contribution >= 4 is 33.4 Å². The van der Waals surface area contributed by atoms with Gasteiger partial charge in [0.2, 0.25) is 11.8 Å². The number of hydrogen-bond donors (Lipinski definition) is 0. The van der Waals surface area contributed by atoms with Gasteiger partial charge in [0.15, 0.2) is 23.3 Å². The lowest BCUT2D eigenvalue weighted by atomic mass is 9.85. The molecule has 1 aliphatic heterocycles. The summed E-state index contributed by atoms with van der Waals surface area (Å²) in [7, 11) is 0. The van der Waals surface area contributed by atoms with Gasteiger partial charge in [0, 0.05) is 0 Å². The van der Waals surface area contributed by atoms with Gasteiger partial charge in [-0.05, 0) is 34.2 Å². The van der Waals surface area contributed by atoms with Gasteiger partial charge < -0.3 is 0 Å². The van der Waals surface area contributed by atoms with Crippen LogP contribution in [0.4, 0.5) is 23.2 Å². The molecule has 2 amide bonds. The predicted molar refractivity (Wildman–Crippen MR) is 74.2 cm³/mol. The van der Waals surface area contributed by atoms with Crippen molar-refractivity contribution in [1.29, 1.82) is 0 Å². The predicted octanol–water partition coefficient (Wildman–Crippen LogP) is 3.32. The monoisotopic (exact) mass is 389 g/mol. The Morgan fingerprint density at radius 1 is 0.870 bits per heavy atom. The van der Waals surface area contributed by atoms with E-state index in [2.05, 4.69) is 15.9 Å². The van der Waals surface area contributed by atoms with Gasteiger partial charge in [-0.25, -0.2) is 22.5 Å². The van der Waals surface area contributed by atoms with Gasteiger partial charge in [-0.3, -0.25) is 9.59 Å². The van der Waals surface area contributed by atoms with E-state index >= 15 is 0 Å². The number of imide groups is 1. The van der Waals surface area contributed by atoms with E-state index in [0.29, 0.717) is 6.42 Å². The maximum atomic E-state index is 14.1. The highest BCUT2D eigenvalue weighted by Gasteiger charge is 2.60. The number of fused-ring (bicyclic) bond motifs is 5. The lowest BCUT2D eigenvalue weighted by Gasteiger charge is -2.19. The van der Waals surface area contributed by atoms with Gasteiger partial charge in [-0.2, -0.15) is 0 Å². The quantitative estimate of drug-likeness (QED) is 0.243. The van der Waals surface area contributed by atoms with Crippen molar-refractivity contribution in [2.24, 2.45) is 23.7 Å². The Hall–Kier alpha value is -1.70. The molecule has 1 aromatic carbocycles. The molecule has 1 heterocycles. The van der Waals surface area contributed by atoms with E-state index in [4.69, 9.17) is 0 Å². The SMILES string of the molecule is O=C1[C@@H]2[C@H](C(=O)N1c1c(F)c(F)c(Br)c(F)c1F)[C@@H]1C=C[C@H]2C1. The van der Waals surface area contributed by atoms with Crippen LogP contribution in [0, 0.1) is 46.9 Å². The molecule has 0 radical (unpaired) electrons. The average Bonchev–Trinajstić information content (AvgIpc) is 3.20. The van der Waals surface area contributed by atoms with Crippen molar-refractivity contribution in [3.05, 3.63) is 39.9 Å². The Kier molecular flexibility index (Phi) is 3.01. The number of halogens is 5. The molecule has 1 saturated carbocycles. The first-order chi connectivity index (χ1) is 10.8. The highest BCUT2D eigenvalue weighted by Crippen LogP contribution is 2.53. The number of rotatable bonds is 1. The van der Waals surface area contributed by atoms with E-state index in [1.165, 1.54) is 0 Å². The van der Waals surface area contributed by atoms with E-state index in [0.717, 1.165) is 0 Å². The minimum absolute atomic E-state index is 0.178. The van der Waals surface area contributed by atoms with Crippen molar-refractivity contribution in [3.63, 3.8) is 0 Å². The number of benzene rings is 1. The number of hydrogen-bond acceptors (Lipinski definition) is 2. The van der Waals surface area contributed by atoms with Crippen LogP contribution in [0.2, 0.25) is 0 Å². The van der Waals surface area contributed by atoms with Crippen LogP contribution in [-0.4, -0.2) is 11.8 Å². The number of carbonyl (C=O) groups is 2. The molecule has 0 aromatic heterocycles. The van der Waals surface area contributed by atoms with Gasteiger partial charge in [0.1, 0.15) is 5.69 Å². The maximum Gasteiger partial charge on any atom is 0.238 e. The fraction of sp³-hybridized carbons (Fsp3) is 0.333. The largest absolute Gasteiger partial charge is 0.274 e. The molecule has 2 aliphatic carbocycles. The molecule has 23 heavy (non-hydrogen) atoms. The van der Waals surface area contributed by atoms with Gasteiger partial charge in [-0.15, -0.1) is 0 Å². The normalized spacial score (nSPS) is 31.4. The van der Waals surface area contributed by atoms with Gasteiger partial charge in [0.05, 0.1) is 16.3 Å². The maximum absolute atomic E-state index is 14.1. The van der Waals surface area contributed by atoms with Crippen molar-refractivity contribution in [3.8, 4) is 0 Å². The third-order valence-electron chi connectivity index (χ3n) is 4.88. The summed E-state index contributed by atoms with van der Waals surface area (Å²) in [6, 6.07) is 0. The minimum Gasteiger partial charge on any atom is -0.274 e. The van der Waals surface area contributed by atoms with Crippen molar-refractivity contribution < 1.29 is 27.2 Å². The van der Waals surface area contributed by atoms with Crippen LogP contribution >= 0.6 is 15.9 Å². The van der Waals surface area contributed by atoms with Crippen LogP contribution in [0.3, 0.4) is 0 Å². The van der Waals surface area contributed by atoms with Crippen LogP contribution < -0.4 is 4.90 Å². The van der Waals surface area contributed by atoms with E-state index < -0.39 is 57.1 Å². The Bertz CT molecular complexity index is 750. The third-order valence-corrected chi connectivity index (χ3v) is 5.58. The van der Waals surface area contributed by atoms with Crippen LogP contribution in [0.15, 0.2) is 16.6 Å². The molecule has 3 aliphatic rings. The summed E-state index contributed by atoms with van der Waals surface area (Å²) in [6.07, 6.45) is 4.24. The first-order valence-electron chi connectivity index (χ1n) is 6.92. The average molecular weight is 390 g/mol. The Morgan fingerprint density at radius 3 is 1.74 bits per heavy atom. The second-order valence-corrected chi connectivity index (χ2v) is 6.72. The summed E-state index contributed by atoms with van der Waals surface area (Å²) in [4.78, 5) is 25.2. The Balaban J connectivity index is 1.88. The summed E-state index contributed by atoms with van der Waals surface area (Å²) >= 11 is 2.40. The molecule has 2 fully saturated rings. The molecule has 0 spiro atoms. The Morgan fingerprint density at radius 2 is 1.30 bits per heavy atom. The molecule has 8 heteroatoms. The van der Waals surface area contributed by atoms with Crippen molar-refractivity contribution in [2.45, 2.75) is 6.42 Å². The van der Waals surface area contributed by atoms with E-state index in [-0.39, 0.29) is 16.7 Å². The zero-order chi connectivity index (χ0) is 16.6. The highest BCUT2D eigenvalue weighted by atomic mass is 79.9. The summed E-state index contributed by atoms with van der Waals surface area (Å²) in [6.45, 7) is 0. The molecular weight excluding hydrogens is 382 g/mol. The van der Waals surface area contributed by atoms with E-state index in [9.17, 15) is 27.2 Å². The summed E-state index contributed by atoms with van der Waals surface area (Å²) in [5.74, 6) is -10.3. The lowest BCUT2D eigenvalue weighted by Crippen LogP contribution is -2.35. The molecule has 1 saturated heterocycles. The van der Waals surface area contributed by atoms with E-state index in [1.807, 2.05) is 0 Å². The second-order valence-electron chi connectivity index (χ2n) is 5.93. The molecule has 1 aromatic rings. The number of nitrogens with zero attached hydrogens (tertiary/aromatic N) is 1. The Labute approximate surface area is 136 Å². The number of allylic oxidation sites excluding steroid dienone is 2. The van der Waals surface area contributed by atoms with Crippen molar-refractivity contribution in [1.82, 2.24) is 0 Å². The highest BCUT2D eigenvalue weighted by molar-refractivity contribution is 9.10. The summed E-state index contributed by atoms with van der Waals surface area (Å²) < 4.78 is 54.6. The second kappa shape index (κ2) is 4.66. The zero-order valence-corrected chi connectivity index (χ0v) is 12.9. The first kappa shape index (κ1) is 14.9. The zero-order valence-electron chi connectivity index (χ0n) is 11.3. The molecule has 0 N–H and O–H groups in total. The number of anilines is 1. The van der Waals surface area contributed by atoms with Gasteiger partial charge >= 0.3 is 0 Å². The smallest absolute Gasteiger partial charge is 0.238 e. The standard InChI is InChI=1S/C15H8BrF4NO2/c16-8-9(17)11(19)13(12(20)10(8)18)21-14(22)6-4-1-2-5(3-4)7(6)15(21)23/h1-2,4-7H,3H2/t4-,5+,6-,7+. The molecular formula is C15H8BrF4NO2. The lowest BCUT2D eigenvalue weighted by molar-refractivity contribution is -0.123. The fourth-order valence-corrected chi connectivity index (χ4v) is 4.26. The van der Waals surface area contributed by atoms with Crippen molar-refractivity contribution in [2.75, 3.05) is 4.90 Å². The van der Waals surface area contributed by atoms with Crippen LogP contribution in [0.1, 0.15) is 6.42 Å². The minimum atomic E-state index is -1.77. The summed E-state index contributed by atoms with van der Waals surface area (Å²) in [5, 5.41) is 0. The molecule has 2 bridgehead atoms. The van der Waals surface area contributed by atoms with Crippen LogP contribution in [0.25, 0.3) is 0 Å². The summed E-state index contributed by atoms with van der Waals surface area (Å²) in [5.41, 5.74) is -1.27. The van der Waals surface area contributed by atoms with Gasteiger partial charge in [0.25, 0.3) is 0 Å². The molecule has 4 rings (SSSR count). The molecule has 120 valence electrons. The molecule has 3 nitrogen and oxygen atoms in total. The fourth-order valence-electron chi connectivity index (χ4n) is 3.91. The number of amides is 2. The number of carbonyl (C=O) groups excluding carboxylic acids is 2. The molecule has 4 atom stereocenters. The first-order valence-corrected chi connectivity index (χ1v) is 7.71. The van der Waals surface area contributed by atoms with Gasteiger partial charge in [-0.1, -0.05) is 12.2 Å². The topological polar surface area (TPSA) is 37.4 Å². The molecule has 0 unspecified atom stereocenters. The van der Waals surface area contributed by atoms with Crippen LogP contribution in [-0.2, 0) is 9.59 Å².